The second kappa shape index (κ2) is 5.65. The average Bonchev–Trinajstić information content (AvgIpc) is 2.88. The number of nitrogens with one attached hydrogen (secondary N) is 2. The van der Waals surface area contributed by atoms with Crippen LogP contribution in [0, 0.1) is 0 Å². The molecule has 2 N–H and O–H groups in total. The highest BCUT2D eigenvalue weighted by molar-refractivity contribution is 9.11. The highest BCUT2D eigenvalue weighted by atomic mass is 79.9. The van der Waals surface area contributed by atoms with Crippen molar-refractivity contribution in [2.45, 2.75) is 11.1 Å². The Kier molecular flexibility index (Phi) is 4.33. The van der Waals surface area contributed by atoms with E-state index >= 15 is 0 Å². The summed E-state index contributed by atoms with van der Waals surface area (Å²) in [6.45, 7) is 2.16. The minimum atomic E-state index is -3.75. The summed E-state index contributed by atoms with van der Waals surface area (Å²) < 4.78 is 31.9. The molecule has 0 saturated carbocycles. The predicted octanol–water partition coefficient (Wildman–Crippen LogP) is 2.48. The fraction of sp³-hybridized carbons (Fsp3) is 0.250. The largest absolute Gasteiger partial charge is 0.463 e. The molecule has 0 fully saturated rings. The van der Waals surface area contributed by atoms with Crippen LogP contribution in [0.3, 0.4) is 0 Å². The maximum absolute atomic E-state index is 12.0. The molecule has 2 aromatic rings. The number of ether oxygens (including phenoxy) is 1. The number of aromatic nitrogens is 3. The van der Waals surface area contributed by atoms with Gasteiger partial charge in [-0.2, -0.15) is 4.98 Å². The molecule has 0 aliphatic rings. The SMILES string of the molecule is CCOc1n[nH]c(NS(=O)(=O)c2cc(Cl)c(Br)s2)n1. The van der Waals surface area contributed by atoms with Gasteiger partial charge in [0.05, 0.1) is 15.4 Å². The van der Waals surface area contributed by atoms with E-state index in [2.05, 4.69) is 35.8 Å². The molecule has 0 bridgehead atoms. The Morgan fingerprint density at radius 2 is 2.37 bits per heavy atom. The maximum Gasteiger partial charge on any atom is 0.337 e. The van der Waals surface area contributed by atoms with Gasteiger partial charge >= 0.3 is 6.01 Å². The van der Waals surface area contributed by atoms with Crippen LogP contribution < -0.4 is 9.46 Å². The zero-order valence-corrected chi connectivity index (χ0v) is 13.5. The number of hydrogen-bond donors (Lipinski definition) is 2. The summed E-state index contributed by atoms with van der Waals surface area (Å²) >= 11 is 9.96. The van der Waals surface area contributed by atoms with Crippen LogP contribution in [-0.4, -0.2) is 30.2 Å². The minimum absolute atomic E-state index is 0.0240. The van der Waals surface area contributed by atoms with E-state index in [1.807, 2.05) is 0 Å². The van der Waals surface area contributed by atoms with Crippen LogP contribution in [0.1, 0.15) is 6.92 Å². The molecule has 0 aromatic carbocycles. The first-order chi connectivity index (χ1) is 8.92. The molecule has 0 unspecified atom stereocenters. The van der Waals surface area contributed by atoms with E-state index in [4.69, 9.17) is 16.3 Å². The standard InChI is InChI=1S/C8H8BrClN4O3S2/c1-2-17-8-11-7(12-13-8)14-19(15,16)5-3-4(10)6(9)18-5/h3H,2H2,1H3,(H2,11,12,13,14). The molecule has 2 heterocycles. The summed E-state index contributed by atoms with van der Waals surface area (Å²) in [5.41, 5.74) is 0. The first-order valence-corrected chi connectivity index (χ1v) is 8.42. The second-order valence-electron chi connectivity index (χ2n) is 3.19. The fourth-order valence-electron chi connectivity index (χ4n) is 1.12. The van der Waals surface area contributed by atoms with Crippen molar-refractivity contribution in [3.8, 4) is 6.01 Å². The van der Waals surface area contributed by atoms with Crippen molar-refractivity contribution >= 4 is 54.8 Å². The van der Waals surface area contributed by atoms with E-state index in [9.17, 15) is 8.42 Å². The quantitative estimate of drug-likeness (QED) is 0.821. The third-order valence-corrected chi connectivity index (χ3v) is 6.14. The monoisotopic (exact) mass is 386 g/mol. The third-order valence-electron chi connectivity index (χ3n) is 1.86. The lowest BCUT2D eigenvalue weighted by Crippen LogP contribution is -2.12. The normalized spacial score (nSPS) is 11.5. The summed E-state index contributed by atoms with van der Waals surface area (Å²) in [7, 11) is -3.75. The molecule has 0 amide bonds. The Labute approximate surface area is 126 Å². The lowest BCUT2D eigenvalue weighted by Gasteiger charge is -2.00. The topological polar surface area (TPSA) is 97.0 Å². The minimum Gasteiger partial charge on any atom is -0.463 e. The highest BCUT2D eigenvalue weighted by Crippen LogP contribution is 2.35. The molecule has 0 spiro atoms. The third kappa shape index (κ3) is 3.38. The van der Waals surface area contributed by atoms with Crippen molar-refractivity contribution in [2.24, 2.45) is 0 Å². The Morgan fingerprint density at radius 3 is 2.95 bits per heavy atom. The van der Waals surface area contributed by atoms with E-state index < -0.39 is 10.0 Å². The molecule has 0 aliphatic heterocycles. The summed E-state index contributed by atoms with van der Waals surface area (Å²) in [6, 6.07) is 1.42. The van der Waals surface area contributed by atoms with Crippen molar-refractivity contribution in [1.29, 1.82) is 0 Å². The Morgan fingerprint density at radius 1 is 1.63 bits per heavy atom. The molecule has 0 aliphatic carbocycles. The van der Waals surface area contributed by atoms with E-state index in [1.54, 1.807) is 6.92 Å². The Bertz CT molecular complexity index is 664. The van der Waals surface area contributed by atoms with Crippen molar-refractivity contribution < 1.29 is 13.2 Å². The van der Waals surface area contributed by atoms with Gasteiger partial charge in [0.1, 0.15) is 4.21 Å². The predicted molar refractivity (Wildman–Crippen MR) is 75.4 cm³/mol. The van der Waals surface area contributed by atoms with Crippen molar-refractivity contribution in [2.75, 3.05) is 11.3 Å². The van der Waals surface area contributed by atoms with Crippen LogP contribution in [0.2, 0.25) is 5.02 Å². The van der Waals surface area contributed by atoms with Gasteiger partial charge in [-0.15, -0.1) is 16.4 Å². The van der Waals surface area contributed by atoms with Gasteiger partial charge in [-0.3, -0.25) is 0 Å². The molecule has 11 heteroatoms. The van der Waals surface area contributed by atoms with Crippen LogP contribution >= 0.6 is 38.9 Å². The number of aromatic amines is 1. The van der Waals surface area contributed by atoms with Gasteiger partial charge in [-0.05, 0) is 28.9 Å². The lowest BCUT2D eigenvalue weighted by atomic mass is 10.7. The van der Waals surface area contributed by atoms with E-state index in [0.717, 1.165) is 11.3 Å². The summed E-state index contributed by atoms with van der Waals surface area (Å²) in [6.07, 6.45) is 0. The molecule has 2 rings (SSSR count). The van der Waals surface area contributed by atoms with Gasteiger partial charge < -0.3 is 4.74 Å². The molecule has 0 radical (unpaired) electrons. The first kappa shape index (κ1) is 14.6. The zero-order chi connectivity index (χ0) is 14.0. The van der Waals surface area contributed by atoms with Crippen LogP contribution in [0.5, 0.6) is 6.01 Å². The second-order valence-corrected chi connectivity index (χ2v) is 7.88. The first-order valence-electron chi connectivity index (χ1n) is 4.95. The number of rotatable bonds is 5. The van der Waals surface area contributed by atoms with Crippen molar-refractivity contribution in [1.82, 2.24) is 15.2 Å². The molecule has 19 heavy (non-hydrogen) atoms. The zero-order valence-electron chi connectivity index (χ0n) is 9.48. The van der Waals surface area contributed by atoms with Crippen LogP contribution in [0.15, 0.2) is 14.1 Å². The Hall–Kier alpha value is -0.840. The van der Waals surface area contributed by atoms with E-state index in [-0.39, 0.29) is 16.2 Å². The fourth-order valence-corrected chi connectivity index (χ4v) is 4.48. The molecule has 0 saturated heterocycles. The van der Waals surface area contributed by atoms with E-state index in [0.29, 0.717) is 15.4 Å². The number of thiophene rings is 1. The summed E-state index contributed by atoms with van der Waals surface area (Å²) in [4.78, 5) is 3.82. The number of H-pyrrole nitrogens is 1. The number of anilines is 1. The van der Waals surface area contributed by atoms with Crippen molar-refractivity contribution in [3.05, 3.63) is 14.9 Å². The van der Waals surface area contributed by atoms with Crippen LogP contribution in [0.25, 0.3) is 0 Å². The van der Waals surface area contributed by atoms with Gasteiger partial charge in [0.25, 0.3) is 10.0 Å². The smallest absolute Gasteiger partial charge is 0.337 e. The number of halogens is 2. The number of sulfonamides is 1. The number of hydrogen-bond acceptors (Lipinski definition) is 6. The molecule has 2 aromatic heterocycles. The van der Waals surface area contributed by atoms with Gasteiger partial charge in [0, 0.05) is 0 Å². The summed E-state index contributed by atoms with van der Waals surface area (Å²) in [5, 5.41) is 6.44. The van der Waals surface area contributed by atoms with Crippen molar-refractivity contribution in [3.63, 3.8) is 0 Å². The van der Waals surface area contributed by atoms with Gasteiger partial charge in [0.2, 0.25) is 5.95 Å². The molecule has 104 valence electrons. The Balaban J connectivity index is 2.20. The van der Waals surface area contributed by atoms with E-state index in [1.165, 1.54) is 6.07 Å². The van der Waals surface area contributed by atoms with Crippen LogP contribution in [-0.2, 0) is 10.0 Å². The lowest BCUT2D eigenvalue weighted by molar-refractivity contribution is 0.314. The summed E-state index contributed by atoms with van der Waals surface area (Å²) in [5.74, 6) is -0.0240. The molecule has 7 nitrogen and oxygen atoms in total. The molecule has 0 atom stereocenters. The average molecular weight is 388 g/mol. The maximum atomic E-state index is 12.0. The molecular formula is C8H8BrClN4O3S2. The van der Waals surface area contributed by atoms with Crippen LogP contribution in [0.4, 0.5) is 5.95 Å². The number of nitrogens with zero attached hydrogens (tertiary/aromatic N) is 2. The van der Waals surface area contributed by atoms with Gasteiger partial charge in [-0.1, -0.05) is 11.6 Å². The van der Waals surface area contributed by atoms with Gasteiger partial charge in [-0.25, -0.2) is 18.2 Å². The molecular weight excluding hydrogens is 380 g/mol. The highest BCUT2D eigenvalue weighted by Gasteiger charge is 2.20. The van der Waals surface area contributed by atoms with Gasteiger partial charge in [0.15, 0.2) is 0 Å².